The van der Waals surface area contributed by atoms with Gasteiger partial charge < -0.3 is 16.2 Å². The smallest absolute Gasteiger partial charge is 0.256 e. The molecule has 106 valence electrons. The molecule has 1 aromatic heterocycles. The number of hydrogen-bond acceptors (Lipinski definition) is 4. The summed E-state index contributed by atoms with van der Waals surface area (Å²) in [4.78, 5) is 16.3. The van der Waals surface area contributed by atoms with Crippen LogP contribution in [0.2, 0.25) is 0 Å². The van der Waals surface area contributed by atoms with Crippen molar-refractivity contribution in [3.63, 3.8) is 0 Å². The minimum absolute atomic E-state index is 0.0683. The molecular formula is C15H12IN3O2. The van der Waals surface area contributed by atoms with Crippen LogP contribution in [0.3, 0.4) is 0 Å². The third-order valence-corrected chi connectivity index (χ3v) is 3.43. The number of amides is 1. The van der Waals surface area contributed by atoms with Gasteiger partial charge in [-0.2, -0.15) is 0 Å². The van der Waals surface area contributed by atoms with Crippen LogP contribution in [-0.4, -0.2) is 22.5 Å². The number of benzene rings is 1. The number of pyridine rings is 1. The van der Waals surface area contributed by atoms with E-state index in [2.05, 4.69) is 22.1 Å². The molecule has 0 atom stereocenters. The van der Waals surface area contributed by atoms with Gasteiger partial charge in [-0.05, 0) is 58.8 Å². The van der Waals surface area contributed by atoms with Crippen LogP contribution in [-0.2, 0) is 0 Å². The molecule has 0 saturated heterocycles. The van der Waals surface area contributed by atoms with Crippen LogP contribution < -0.4 is 11.1 Å². The second kappa shape index (κ2) is 7.06. The van der Waals surface area contributed by atoms with Crippen molar-refractivity contribution in [3.05, 3.63) is 51.2 Å². The zero-order valence-corrected chi connectivity index (χ0v) is 13.1. The zero-order valence-electron chi connectivity index (χ0n) is 10.9. The number of nitrogens with two attached hydrogens (primary N) is 1. The molecule has 21 heavy (non-hydrogen) atoms. The molecule has 4 N–H and O–H groups in total. The fourth-order valence-electron chi connectivity index (χ4n) is 1.56. The van der Waals surface area contributed by atoms with Gasteiger partial charge in [0, 0.05) is 5.56 Å². The first-order chi connectivity index (χ1) is 10.1. The van der Waals surface area contributed by atoms with Crippen LogP contribution in [0, 0.1) is 15.4 Å². The molecule has 0 aliphatic rings. The maximum absolute atomic E-state index is 12.1. The topological polar surface area (TPSA) is 88.2 Å². The van der Waals surface area contributed by atoms with Crippen molar-refractivity contribution in [2.45, 2.75) is 0 Å². The molecule has 0 fully saturated rings. The average Bonchev–Trinajstić information content (AvgIpc) is 2.48. The molecule has 6 heteroatoms. The summed E-state index contributed by atoms with van der Waals surface area (Å²) in [7, 11) is 0. The molecule has 0 saturated carbocycles. The van der Waals surface area contributed by atoms with E-state index in [0.29, 0.717) is 20.6 Å². The van der Waals surface area contributed by atoms with Gasteiger partial charge in [-0.1, -0.05) is 12.0 Å². The molecule has 1 heterocycles. The molecule has 2 rings (SSSR count). The number of nitrogens with one attached hydrogen (secondary N) is 1. The fraction of sp³-hybridized carbons (Fsp3) is 0.0667. The maximum Gasteiger partial charge on any atom is 0.256 e. The highest BCUT2D eigenvalue weighted by Crippen LogP contribution is 2.21. The van der Waals surface area contributed by atoms with Crippen molar-refractivity contribution in [2.75, 3.05) is 11.9 Å². The number of rotatable bonds is 2. The van der Waals surface area contributed by atoms with Gasteiger partial charge in [-0.3, -0.25) is 4.79 Å². The molecule has 2 aromatic rings. The highest BCUT2D eigenvalue weighted by Gasteiger charge is 2.09. The first kappa shape index (κ1) is 15.3. The van der Waals surface area contributed by atoms with Crippen molar-refractivity contribution in [1.82, 2.24) is 4.98 Å². The Morgan fingerprint density at radius 2 is 2.19 bits per heavy atom. The third-order valence-electron chi connectivity index (χ3n) is 2.52. The monoisotopic (exact) mass is 393 g/mol. The Balaban J connectivity index is 2.17. The number of anilines is 1. The SMILES string of the molecule is NCC#Cc1cccc(NC(=O)c2ccc(I)c(O)c2)n1. The van der Waals surface area contributed by atoms with Gasteiger partial charge in [0.15, 0.2) is 0 Å². The Morgan fingerprint density at radius 3 is 2.90 bits per heavy atom. The summed E-state index contributed by atoms with van der Waals surface area (Å²) in [5.41, 5.74) is 6.19. The minimum atomic E-state index is -0.349. The standard InChI is InChI=1S/C15H12IN3O2/c16-12-7-6-10(9-13(12)20)15(21)19-14-5-1-3-11(18-14)4-2-8-17/h1,3,5-7,9,20H,8,17H2,(H,18,19,21). The van der Waals surface area contributed by atoms with Crippen molar-refractivity contribution in [1.29, 1.82) is 0 Å². The highest BCUT2D eigenvalue weighted by molar-refractivity contribution is 14.1. The molecule has 0 aliphatic heterocycles. The summed E-state index contributed by atoms with van der Waals surface area (Å²) in [6.07, 6.45) is 0. The van der Waals surface area contributed by atoms with Crippen LogP contribution in [0.5, 0.6) is 5.75 Å². The number of halogens is 1. The fourth-order valence-corrected chi connectivity index (χ4v) is 1.89. The average molecular weight is 393 g/mol. The lowest BCUT2D eigenvalue weighted by Crippen LogP contribution is -2.13. The van der Waals surface area contributed by atoms with Crippen LogP contribution >= 0.6 is 22.6 Å². The molecule has 0 unspecified atom stereocenters. The molecule has 1 aromatic carbocycles. The van der Waals surface area contributed by atoms with Gasteiger partial charge in [-0.15, -0.1) is 0 Å². The summed E-state index contributed by atoms with van der Waals surface area (Å²) in [5.74, 6) is 5.61. The van der Waals surface area contributed by atoms with Gasteiger partial charge in [0.2, 0.25) is 0 Å². The number of carbonyl (C=O) groups is 1. The van der Waals surface area contributed by atoms with E-state index in [1.54, 1.807) is 30.3 Å². The summed E-state index contributed by atoms with van der Waals surface area (Å²) in [6, 6.07) is 9.85. The molecule has 0 spiro atoms. The lowest BCUT2D eigenvalue weighted by Gasteiger charge is -2.06. The predicted octanol–water partition coefficient (Wildman–Crippen LogP) is 1.95. The number of aromatic nitrogens is 1. The Hall–Kier alpha value is -2.11. The molecule has 5 nitrogen and oxygen atoms in total. The number of phenols is 1. The van der Waals surface area contributed by atoms with E-state index in [1.165, 1.54) is 6.07 Å². The molecule has 0 radical (unpaired) electrons. The molecule has 0 bridgehead atoms. The van der Waals surface area contributed by atoms with Crippen molar-refractivity contribution in [2.24, 2.45) is 5.73 Å². The predicted molar refractivity (Wildman–Crippen MR) is 88.9 cm³/mol. The lowest BCUT2D eigenvalue weighted by atomic mass is 10.2. The quantitative estimate of drug-likeness (QED) is 0.538. The van der Waals surface area contributed by atoms with Gasteiger partial charge >= 0.3 is 0 Å². The van der Waals surface area contributed by atoms with Gasteiger partial charge in [-0.25, -0.2) is 4.98 Å². The Kier molecular flexibility index (Phi) is 5.14. The van der Waals surface area contributed by atoms with E-state index < -0.39 is 0 Å². The Labute approximate surface area is 135 Å². The Morgan fingerprint density at radius 1 is 1.38 bits per heavy atom. The summed E-state index contributed by atoms with van der Waals surface area (Å²) in [5, 5.41) is 12.3. The number of nitrogens with zero attached hydrogens (tertiary/aromatic N) is 1. The van der Waals surface area contributed by atoms with Crippen LogP contribution in [0.15, 0.2) is 36.4 Å². The van der Waals surface area contributed by atoms with Crippen molar-refractivity contribution >= 4 is 34.3 Å². The van der Waals surface area contributed by atoms with E-state index in [9.17, 15) is 9.90 Å². The van der Waals surface area contributed by atoms with E-state index in [1.807, 2.05) is 22.6 Å². The van der Waals surface area contributed by atoms with Gasteiger partial charge in [0.05, 0.1) is 10.1 Å². The summed E-state index contributed by atoms with van der Waals surface area (Å²) >= 11 is 1.99. The lowest BCUT2D eigenvalue weighted by molar-refractivity contribution is 0.102. The van der Waals surface area contributed by atoms with E-state index in [-0.39, 0.29) is 18.2 Å². The normalized spacial score (nSPS) is 9.62. The number of carbonyl (C=O) groups excluding carboxylic acids is 1. The van der Waals surface area contributed by atoms with Gasteiger partial charge in [0.25, 0.3) is 5.91 Å². The van der Waals surface area contributed by atoms with Crippen LogP contribution in [0.4, 0.5) is 5.82 Å². The number of aromatic hydroxyl groups is 1. The minimum Gasteiger partial charge on any atom is -0.507 e. The molecule has 1 amide bonds. The van der Waals surface area contributed by atoms with Crippen molar-refractivity contribution < 1.29 is 9.90 Å². The van der Waals surface area contributed by atoms with E-state index in [4.69, 9.17) is 5.73 Å². The molecule has 0 aliphatic carbocycles. The number of hydrogen-bond donors (Lipinski definition) is 3. The maximum atomic E-state index is 12.1. The van der Waals surface area contributed by atoms with Crippen LogP contribution in [0.1, 0.15) is 16.1 Å². The first-order valence-corrected chi connectivity index (χ1v) is 7.14. The van der Waals surface area contributed by atoms with Gasteiger partial charge in [0.1, 0.15) is 17.3 Å². The summed E-state index contributed by atoms with van der Waals surface area (Å²) in [6.45, 7) is 0.250. The first-order valence-electron chi connectivity index (χ1n) is 6.06. The largest absolute Gasteiger partial charge is 0.507 e. The van der Waals surface area contributed by atoms with E-state index >= 15 is 0 Å². The second-order valence-electron chi connectivity index (χ2n) is 4.03. The van der Waals surface area contributed by atoms with Crippen LogP contribution in [0.25, 0.3) is 0 Å². The second-order valence-corrected chi connectivity index (χ2v) is 5.20. The number of phenolic OH excluding ortho intramolecular Hbond substituents is 1. The Bertz CT molecular complexity index is 735. The zero-order chi connectivity index (χ0) is 15.2. The highest BCUT2D eigenvalue weighted by atomic mass is 127. The van der Waals surface area contributed by atoms with E-state index in [0.717, 1.165) is 0 Å². The summed E-state index contributed by atoms with van der Waals surface area (Å²) < 4.78 is 0.682. The van der Waals surface area contributed by atoms with Crippen molar-refractivity contribution in [3.8, 4) is 17.6 Å². The third kappa shape index (κ3) is 4.18. The molecular weight excluding hydrogens is 381 g/mol.